The van der Waals surface area contributed by atoms with Crippen molar-refractivity contribution in [2.45, 2.75) is 26.8 Å². The van der Waals surface area contributed by atoms with Crippen molar-refractivity contribution in [2.24, 2.45) is 0 Å². The van der Waals surface area contributed by atoms with Crippen LogP contribution in [0.25, 0.3) is 0 Å². The average molecular weight is 268 g/mol. The first-order valence-corrected chi connectivity index (χ1v) is 6.63. The predicted octanol–water partition coefficient (Wildman–Crippen LogP) is 2.06. The third-order valence-electron chi connectivity index (χ3n) is 2.98. The minimum atomic E-state index is -0.928. The van der Waals surface area contributed by atoms with Gasteiger partial charge in [0, 0.05) is 13.1 Å². The second-order valence-electron chi connectivity index (χ2n) is 5.07. The molecule has 1 aromatic heterocycles. The smallest absolute Gasteiger partial charge is 0.339 e. The minimum absolute atomic E-state index is 0.263. The Hall–Kier alpha value is -1.33. The molecular weight excluding hydrogens is 244 g/mol. The molecule has 0 aliphatic heterocycles. The van der Waals surface area contributed by atoms with Crippen molar-refractivity contribution in [1.82, 2.24) is 9.80 Å². The number of nitrogens with zero attached hydrogens (tertiary/aromatic N) is 2. The summed E-state index contributed by atoms with van der Waals surface area (Å²) < 4.78 is 5.52. The van der Waals surface area contributed by atoms with Gasteiger partial charge < -0.3 is 14.4 Å². The Morgan fingerprint density at radius 3 is 2.47 bits per heavy atom. The Morgan fingerprint density at radius 2 is 2.00 bits per heavy atom. The van der Waals surface area contributed by atoms with E-state index in [-0.39, 0.29) is 5.56 Å². The van der Waals surface area contributed by atoms with Crippen LogP contribution in [0.3, 0.4) is 0 Å². The van der Waals surface area contributed by atoms with Crippen LogP contribution in [0.1, 0.15) is 35.2 Å². The molecule has 1 aromatic rings. The molecule has 0 spiro atoms. The van der Waals surface area contributed by atoms with Gasteiger partial charge >= 0.3 is 5.97 Å². The highest BCUT2D eigenvalue weighted by Crippen LogP contribution is 2.16. The molecule has 1 heterocycles. The van der Waals surface area contributed by atoms with Crippen LogP contribution in [-0.4, -0.2) is 54.6 Å². The number of aryl methyl sites for hydroxylation is 1. The molecule has 108 valence electrons. The van der Waals surface area contributed by atoms with Gasteiger partial charge in [0.15, 0.2) is 0 Å². The fourth-order valence-electron chi connectivity index (χ4n) is 1.98. The Kier molecular flexibility index (Phi) is 6.05. The molecule has 0 aromatic carbocycles. The molecule has 0 atom stereocenters. The first-order chi connectivity index (χ1) is 8.93. The average Bonchev–Trinajstić information content (AvgIpc) is 2.67. The van der Waals surface area contributed by atoms with Gasteiger partial charge in [0.25, 0.3) is 0 Å². The molecular formula is C14H24N2O3. The normalized spacial score (nSPS) is 11.5. The summed E-state index contributed by atoms with van der Waals surface area (Å²) >= 11 is 0. The van der Waals surface area contributed by atoms with Crippen LogP contribution in [0.4, 0.5) is 0 Å². The molecule has 1 N–H and O–H groups in total. The molecule has 0 bridgehead atoms. The maximum Gasteiger partial charge on any atom is 0.339 e. The first-order valence-electron chi connectivity index (χ1n) is 6.63. The monoisotopic (exact) mass is 268 g/mol. The van der Waals surface area contributed by atoms with E-state index in [2.05, 4.69) is 16.7 Å². The number of carboxylic acids is 1. The van der Waals surface area contributed by atoms with E-state index in [1.54, 1.807) is 13.0 Å². The molecule has 0 aliphatic rings. The summed E-state index contributed by atoms with van der Waals surface area (Å²) in [6, 6.07) is 1.63. The van der Waals surface area contributed by atoms with Crippen LogP contribution in [0.5, 0.6) is 0 Å². The van der Waals surface area contributed by atoms with Gasteiger partial charge in [-0.1, -0.05) is 6.92 Å². The summed E-state index contributed by atoms with van der Waals surface area (Å²) in [6.07, 6.45) is 1.07. The quantitative estimate of drug-likeness (QED) is 0.782. The molecule has 19 heavy (non-hydrogen) atoms. The maximum atomic E-state index is 11.0. The summed E-state index contributed by atoms with van der Waals surface area (Å²) in [7, 11) is 4.09. The summed E-state index contributed by atoms with van der Waals surface area (Å²) in [5.41, 5.74) is 0.263. The topological polar surface area (TPSA) is 56.9 Å². The third kappa shape index (κ3) is 5.04. The summed E-state index contributed by atoms with van der Waals surface area (Å²) in [6.45, 7) is 7.40. The fraction of sp³-hybridized carbons (Fsp3) is 0.643. The number of hydrogen-bond donors (Lipinski definition) is 1. The zero-order valence-electron chi connectivity index (χ0n) is 12.3. The van der Waals surface area contributed by atoms with Crippen LogP contribution in [-0.2, 0) is 6.54 Å². The number of furan rings is 1. The molecule has 0 unspecified atom stereocenters. The zero-order valence-corrected chi connectivity index (χ0v) is 12.3. The molecule has 0 amide bonds. The SMILES string of the molecule is CCCN(CCN(C)C)Cc1cc(C(=O)O)c(C)o1. The second kappa shape index (κ2) is 7.31. The highest BCUT2D eigenvalue weighted by atomic mass is 16.4. The van der Waals surface area contributed by atoms with Crippen LogP contribution >= 0.6 is 0 Å². The molecule has 5 heteroatoms. The van der Waals surface area contributed by atoms with Gasteiger partial charge in [0.1, 0.15) is 17.1 Å². The number of carboxylic acid groups (broad SMARTS) is 1. The third-order valence-corrected chi connectivity index (χ3v) is 2.98. The number of rotatable bonds is 8. The molecule has 1 rings (SSSR count). The second-order valence-corrected chi connectivity index (χ2v) is 5.07. The van der Waals surface area contributed by atoms with E-state index in [9.17, 15) is 4.79 Å². The molecule has 0 aliphatic carbocycles. The Balaban J connectivity index is 2.67. The van der Waals surface area contributed by atoms with Crippen LogP contribution < -0.4 is 0 Å². The lowest BCUT2D eigenvalue weighted by atomic mass is 10.2. The van der Waals surface area contributed by atoms with Crippen LogP contribution in [0.2, 0.25) is 0 Å². The van der Waals surface area contributed by atoms with E-state index < -0.39 is 5.97 Å². The molecule has 0 saturated heterocycles. The van der Waals surface area contributed by atoms with Gasteiger partial charge in [-0.3, -0.25) is 4.90 Å². The fourth-order valence-corrected chi connectivity index (χ4v) is 1.98. The molecule has 0 saturated carbocycles. The van der Waals surface area contributed by atoms with Gasteiger partial charge in [0.05, 0.1) is 6.54 Å². The number of aromatic carboxylic acids is 1. The van der Waals surface area contributed by atoms with Crippen molar-refractivity contribution in [3.8, 4) is 0 Å². The van der Waals surface area contributed by atoms with E-state index in [1.807, 2.05) is 14.1 Å². The lowest BCUT2D eigenvalue weighted by Gasteiger charge is -2.22. The minimum Gasteiger partial charge on any atom is -0.478 e. The summed E-state index contributed by atoms with van der Waals surface area (Å²) in [4.78, 5) is 15.4. The van der Waals surface area contributed by atoms with Crippen molar-refractivity contribution in [1.29, 1.82) is 0 Å². The Bertz CT molecular complexity index is 413. The highest BCUT2D eigenvalue weighted by molar-refractivity contribution is 5.88. The standard InChI is InChI=1S/C14H24N2O3/c1-5-6-16(8-7-15(3)4)10-12-9-13(14(17)18)11(2)19-12/h9H,5-8,10H2,1-4H3,(H,17,18). The number of carbonyl (C=O) groups is 1. The van der Waals surface area contributed by atoms with Gasteiger partial charge in [-0.15, -0.1) is 0 Å². The van der Waals surface area contributed by atoms with E-state index in [1.165, 1.54) is 0 Å². The lowest BCUT2D eigenvalue weighted by molar-refractivity contribution is 0.0695. The largest absolute Gasteiger partial charge is 0.478 e. The van der Waals surface area contributed by atoms with Crippen molar-refractivity contribution < 1.29 is 14.3 Å². The Labute approximate surface area is 114 Å². The van der Waals surface area contributed by atoms with Crippen molar-refractivity contribution in [2.75, 3.05) is 33.7 Å². The van der Waals surface area contributed by atoms with E-state index >= 15 is 0 Å². The van der Waals surface area contributed by atoms with Crippen LogP contribution in [0.15, 0.2) is 10.5 Å². The van der Waals surface area contributed by atoms with Crippen molar-refractivity contribution >= 4 is 5.97 Å². The lowest BCUT2D eigenvalue weighted by Crippen LogP contribution is -2.31. The number of hydrogen-bond acceptors (Lipinski definition) is 4. The van der Waals surface area contributed by atoms with Crippen LogP contribution in [0, 0.1) is 6.92 Å². The van der Waals surface area contributed by atoms with E-state index in [0.717, 1.165) is 31.8 Å². The molecule has 0 radical (unpaired) electrons. The van der Waals surface area contributed by atoms with Crippen molar-refractivity contribution in [3.05, 3.63) is 23.2 Å². The Morgan fingerprint density at radius 1 is 1.32 bits per heavy atom. The zero-order chi connectivity index (χ0) is 14.4. The molecule has 0 fully saturated rings. The maximum absolute atomic E-state index is 11.0. The predicted molar refractivity (Wildman–Crippen MR) is 74.5 cm³/mol. The van der Waals surface area contributed by atoms with Gasteiger partial charge in [-0.25, -0.2) is 4.79 Å². The van der Waals surface area contributed by atoms with E-state index in [4.69, 9.17) is 9.52 Å². The van der Waals surface area contributed by atoms with E-state index in [0.29, 0.717) is 12.3 Å². The number of likely N-dealkylation sites (N-methyl/N-ethyl adjacent to an activating group) is 1. The van der Waals surface area contributed by atoms with Gasteiger partial charge in [-0.2, -0.15) is 0 Å². The van der Waals surface area contributed by atoms with Gasteiger partial charge in [-0.05, 0) is 40.1 Å². The highest BCUT2D eigenvalue weighted by Gasteiger charge is 2.15. The first kappa shape index (κ1) is 15.7. The van der Waals surface area contributed by atoms with Gasteiger partial charge in [0.2, 0.25) is 0 Å². The summed E-state index contributed by atoms with van der Waals surface area (Å²) in [5, 5.41) is 9.01. The molecule has 5 nitrogen and oxygen atoms in total. The summed E-state index contributed by atoms with van der Waals surface area (Å²) in [5.74, 6) is 0.275. The van der Waals surface area contributed by atoms with Crippen molar-refractivity contribution in [3.63, 3.8) is 0 Å².